The molecule has 0 bridgehead atoms. The van der Waals surface area contributed by atoms with Gasteiger partial charge in [0.1, 0.15) is 0 Å². The number of hydrogen-bond donors (Lipinski definition) is 3. The molecule has 0 aromatic heterocycles. The van der Waals surface area contributed by atoms with Crippen LogP contribution in [-0.2, 0) is 0 Å². The lowest BCUT2D eigenvalue weighted by molar-refractivity contribution is -0.171. The highest BCUT2D eigenvalue weighted by atomic mass is 16.5. The molecule has 0 atom stereocenters. The zero-order valence-electron chi connectivity index (χ0n) is 4.02. The van der Waals surface area contributed by atoms with Crippen molar-refractivity contribution < 1.29 is 10.2 Å². The van der Waals surface area contributed by atoms with Crippen molar-refractivity contribution in [1.29, 1.82) is 0 Å². The van der Waals surface area contributed by atoms with Crippen LogP contribution in [0.3, 0.4) is 0 Å². The molecule has 0 radical (unpaired) electrons. The highest BCUT2D eigenvalue weighted by Crippen LogP contribution is 2.10. The van der Waals surface area contributed by atoms with Crippen molar-refractivity contribution >= 4 is 0 Å². The smallest absolute Gasteiger partial charge is 0.222 e. The van der Waals surface area contributed by atoms with Crippen molar-refractivity contribution in [2.24, 2.45) is 0 Å². The third kappa shape index (κ3) is 1.12. The summed E-state index contributed by atoms with van der Waals surface area (Å²) in [4.78, 5) is 0. The van der Waals surface area contributed by atoms with Crippen LogP contribution in [0.1, 0.15) is 12.8 Å². The Morgan fingerprint density at radius 2 is 2.14 bits per heavy atom. The van der Waals surface area contributed by atoms with Gasteiger partial charge in [-0.2, -0.15) is 0 Å². The lowest BCUT2D eigenvalue weighted by Crippen LogP contribution is -2.38. The van der Waals surface area contributed by atoms with Crippen LogP contribution in [0, 0.1) is 0 Å². The topological polar surface area (TPSA) is 52.5 Å². The van der Waals surface area contributed by atoms with Gasteiger partial charge in [-0.15, -0.1) is 0 Å². The molecule has 0 aliphatic carbocycles. The zero-order valence-corrected chi connectivity index (χ0v) is 4.02. The standard InChI is InChI=1S/C4H9NO2/c6-4(7)2-1-3-5-4/h5-7H,1-3H2. The molecule has 1 aliphatic heterocycles. The number of hydrogen-bond acceptors (Lipinski definition) is 3. The first-order valence-electron chi connectivity index (χ1n) is 2.40. The zero-order chi connectivity index (χ0) is 5.33. The Balaban J connectivity index is 2.40. The molecule has 0 spiro atoms. The van der Waals surface area contributed by atoms with E-state index >= 15 is 0 Å². The maximum atomic E-state index is 8.64. The van der Waals surface area contributed by atoms with E-state index in [1.165, 1.54) is 0 Å². The van der Waals surface area contributed by atoms with Crippen molar-refractivity contribution in [2.45, 2.75) is 18.8 Å². The van der Waals surface area contributed by atoms with Crippen molar-refractivity contribution in [2.75, 3.05) is 6.54 Å². The molecule has 3 N–H and O–H groups in total. The highest BCUT2D eigenvalue weighted by molar-refractivity contribution is 4.69. The van der Waals surface area contributed by atoms with Gasteiger partial charge in [-0.3, -0.25) is 5.32 Å². The van der Waals surface area contributed by atoms with Crippen LogP contribution >= 0.6 is 0 Å². The Morgan fingerprint density at radius 1 is 1.43 bits per heavy atom. The molecule has 0 unspecified atom stereocenters. The van der Waals surface area contributed by atoms with Crippen LogP contribution in [0.4, 0.5) is 0 Å². The molecule has 0 aromatic carbocycles. The van der Waals surface area contributed by atoms with E-state index in [9.17, 15) is 0 Å². The summed E-state index contributed by atoms with van der Waals surface area (Å²) in [7, 11) is 0. The summed E-state index contributed by atoms with van der Waals surface area (Å²) in [5.74, 6) is -1.56. The molecule has 3 nitrogen and oxygen atoms in total. The van der Waals surface area contributed by atoms with Gasteiger partial charge in [0.05, 0.1) is 0 Å². The van der Waals surface area contributed by atoms with Crippen LogP contribution in [0.15, 0.2) is 0 Å². The van der Waals surface area contributed by atoms with E-state index in [1.807, 2.05) is 0 Å². The van der Waals surface area contributed by atoms with Gasteiger partial charge in [-0.25, -0.2) is 0 Å². The van der Waals surface area contributed by atoms with Crippen LogP contribution in [0.25, 0.3) is 0 Å². The van der Waals surface area contributed by atoms with Crippen LogP contribution < -0.4 is 5.32 Å². The van der Waals surface area contributed by atoms with E-state index in [0.717, 1.165) is 6.42 Å². The summed E-state index contributed by atoms with van der Waals surface area (Å²) in [6.07, 6.45) is 1.31. The quantitative estimate of drug-likeness (QED) is 0.345. The Morgan fingerprint density at radius 3 is 2.29 bits per heavy atom. The van der Waals surface area contributed by atoms with Crippen LogP contribution in [0.5, 0.6) is 0 Å². The normalized spacial score (nSPS) is 28.3. The average Bonchev–Trinajstić information content (AvgIpc) is 1.84. The fourth-order valence-electron chi connectivity index (χ4n) is 0.712. The van der Waals surface area contributed by atoms with E-state index in [2.05, 4.69) is 5.32 Å². The molecular weight excluding hydrogens is 94.0 g/mol. The van der Waals surface area contributed by atoms with Gasteiger partial charge in [-0.1, -0.05) is 0 Å². The summed E-state index contributed by atoms with van der Waals surface area (Å²) >= 11 is 0. The molecule has 1 saturated heterocycles. The lowest BCUT2D eigenvalue weighted by atomic mass is 10.3. The molecule has 1 aliphatic rings. The van der Waals surface area contributed by atoms with Gasteiger partial charge in [-0.05, 0) is 6.42 Å². The SMILES string of the molecule is OC1(O)CCCN1. The third-order valence-corrected chi connectivity index (χ3v) is 1.11. The van der Waals surface area contributed by atoms with E-state index < -0.39 is 5.91 Å². The molecular formula is C4H9NO2. The average molecular weight is 103 g/mol. The first-order chi connectivity index (χ1) is 3.21. The molecule has 1 fully saturated rings. The summed E-state index contributed by atoms with van der Waals surface area (Å²) in [5.41, 5.74) is 0. The lowest BCUT2D eigenvalue weighted by Gasteiger charge is -2.12. The minimum atomic E-state index is -1.56. The Kier molecular flexibility index (Phi) is 1.03. The molecule has 7 heavy (non-hydrogen) atoms. The second kappa shape index (κ2) is 1.43. The van der Waals surface area contributed by atoms with Crippen molar-refractivity contribution in [1.82, 2.24) is 5.32 Å². The summed E-state index contributed by atoms with van der Waals surface area (Å²) < 4.78 is 0. The number of aliphatic hydroxyl groups is 2. The first kappa shape index (κ1) is 5.03. The predicted octanol–water partition coefficient (Wildman–Crippen LogP) is -0.992. The van der Waals surface area contributed by atoms with Crippen LogP contribution in [-0.4, -0.2) is 22.7 Å². The molecule has 0 amide bonds. The summed E-state index contributed by atoms with van der Waals surface area (Å²) in [5, 5.41) is 19.8. The fourth-order valence-corrected chi connectivity index (χ4v) is 0.712. The van der Waals surface area contributed by atoms with E-state index in [4.69, 9.17) is 10.2 Å². The largest absolute Gasteiger partial charge is 0.353 e. The minimum absolute atomic E-state index is 0.451. The number of nitrogens with one attached hydrogen (secondary N) is 1. The maximum absolute atomic E-state index is 8.64. The van der Waals surface area contributed by atoms with Crippen molar-refractivity contribution in [3.05, 3.63) is 0 Å². The molecule has 3 heteroatoms. The Bertz CT molecular complexity index is 64.1. The number of rotatable bonds is 0. The van der Waals surface area contributed by atoms with E-state index in [0.29, 0.717) is 13.0 Å². The third-order valence-electron chi connectivity index (χ3n) is 1.11. The first-order valence-corrected chi connectivity index (χ1v) is 2.40. The van der Waals surface area contributed by atoms with Gasteiger partial charge in [0.15, 0.2) is 0 Å². The Hall–Kier alpha value is -0.120. The molecule has 0 saturated carbocycles. The molecule has 0 aromatic rings. The molecule has 1 rings (SSSR count). The van der Waals surface area contributed by atoms with Gasteiger partial charge < -0.3 is 10.2 Å². The highest BCUT2D eigenvalue weighted by Gasteiger charge is 2.26. The summed E-state index contributed by atoms with van der Waals surface area (Å²) in [6.45, 7) is 0.715. The second-order valence-corrected chi connectivity index (χ2v) is 1.85. The predicted molar refractivity (Wildman–Crippen MR) is 24.4 cm³/mol. The molecule has 42 valence electrons. The van der Waals surface area contributed by atoms with E-state index in [1.54, 1.807) is 0 Å². The minimum Gasteiger partial charge on any atom is -0.353 e. The van der Waals surface area contributed by atoms with Crippen molar-refractivity contribution in [3.8, 4) is 0 Å². The Labute approximate surface area is 42.0 Å². The maximum Gasteiger partial charge on any atom is 0.222 e. The fraction of sp³-hybridized carbons (Fsp3) is 1.00. The van der Waals surface area contributed by atoms with Gasteiger partial charge in [0.2, 0.25) is 5.91 Å². The second-order valence-electron chi connectivity index (χ2n) is 1.85. The van der Waals surface area contributed by atoms with Gasteiger partial charge in [0, 0.05) is 13.0 Å². The van der Waals surface area contributed by atoms with E-state index in [-0.39, 0.29) is 0 Å². The summed E-state index contributed by atoms with van der Waals surface area (Å²) in [6, 6.07) is 0. The molecule has 1 heterocycles. The van der Waals surface area contributed by atoms with Gasteiger partial charge >= 0.3 is 0 Å². The van der Waals surface area contributed by atoms with Crippen molar-refractivity contribution in [3.63, 3.8) is 0 Å². The monoisotopic (exact) mass is 103 g/mol. The van der Waals surface area contributed by atoms with Crippen LogP contribution in [0.2, 0.25) is 0 Å². The van der Waals surface area contributed by atoms with Gasteiger partial charge in [0.25, 0.3) is 0 Å².